The van der Waals surface area contributed by atoms with E-state index in [1.807, 2.05) is 6.92 Å². The topological polar surface area (TPSA) is 78.5 Å². The minimum absolute atomic E-state index is 0. The van der Waals surface area contributed by atoms with Gasteiger partial charge in [0, 0.05) is 24.7 Å². The second kappa shape index (κ2) is 8.69. The van der Waals surface area contributed by atoms with Crippen molar-refractivity contribution in [2.45, 2.75) is 32.7 Å². The number of anilines is 1. The maximum atomic E-state index is 12.2. The summed E-state index contributed by atoms with van der Waals surface area (Å²) in [5.41, 5.74) is 2.16. The zero-order chi connectivity index (χ0) is 17.0. The van der Waals surface area contributed by atoms with Crippen LogP contribution in [0.5, 0.6) is 0 Å². The molecule has 136 valence electrons. The number of benzene rings is 1. The molecule has 2 N–H and O–H groups in total. The van der Waals surface area contributed by atoms with Crippen molar-refractivity contribution in [2.24, 2.45) is 0 Å². The van der Waals surface area contributed by atoms with Crippen LogP contribution in [0.1, 0.15) is 36.2 Å². The molecular formula is C16H26ClN3O3S. The molecule has 8 heteroatoms. The summed E-state index contributed by atoms with van der Waals surface area (Å²) in [5.74, 6) is -0.128. The SMILES string of the molecule is CCCNCCNC(=O)c1ccc2c(c1)CC(C)N2S(C)(=O)=O.Cl. The van der Waals surface area contributed by atoms with Crippen LogP contribution in [0.3, 0.4) is 0 Å². The first-order chi connectivity index (χ1) is 10.8. The molecule has 24 heavy (non-hydrogen) atoms. The van der Waals surface area contributed by atoms with Gasteiger partial charge in [0.2, 0.25) is 10.0 Å². The van der Waals surface area contributed by atoms with Gasteiger partial charge < -0.3 is 10.6 Å². The Bertz CT molecular complexity index is 679. The number of fused-ring (bicyclic) bond motifs is 1. The third kappa shape index (κ3) is 4.84. The van der Waals surface area contributed by atoms with Gasteiger partial charge in [-0.2, -0.15) is 0 Å². The summed E-state index contributed by atoms with van der Waals surface area (Å²) in [5, 5.41) is 6.09. The Morgan fingerprint density at radius 2 is 2.00 bits per heavy atom. The summed E-state index contributed by atoms with van der Waals surface area (Å²) < 4.78 is 25.2. The second-order valence-corrected chi connectivity index (χ2v) is 7.82. The van der Waals surface area contributed by atoms with Crippen molar-refractivity contribution in [1.29, 1.82) is 0 Å². The average molecular weight is 376 g/mol. The quantitative estimate of drug-likeness (QED) is 0.709. The number of sulfonamides is 1. The molecule has 1 atom stereocenters. The molecule has 1 aromatic carbocycles. The Labute approximate surface area is 150 Å². The fourth-order valence-electron chi connectivity index (χ4n) is 2.92. The summed E-state index contributed by atoms with van der Waals surface area (Å²) in [6.07, 6.45) is 2.90. The van der Waals surface area contributed by atoms with Crippen LogP contribution in [0.25, 0.3) is 0 Å². The van der Waals surface area contributed by atoms with Crippen molar-refractivity contribution in [3.8, 4) is 0 Å². The lowest BCUT2D eigenvalue weighted by molar-refractivity contribution is 0.0954. The van der Waals surface area contributed by atoms with E-state index in [1.54, 1.807) is 18.2 Å². The zero-order valence-electron chi connectivity index (χ0n) is 14.3. The molecule has 1 unspecified atom stereocenters. The molecule has 0 aliphatic carbocycles. The van der Waals surface area contributed by atoms with E-state index in [4.69, 9.17) is 0 Å². The predicted octanol–water partition coefficient (Wildman–Crippen LogP) is 1.55. The van der Waals surface area contributed by atoms with Crippen LogP contribution >= 0.6 is 12.4 Å². The Morgan fingerprint density at radius 1 is 1.29 bits per heavy atom. The van der Waals surface area contributed by atoms with Crippen LogP contribution in [0.2, 0.25) is 0 Å². The normalized spacial score (nSPS) is 16.5. The first-order valence-electron chi connectivity index (χ1n) is 7.96. The van der Waals surface area contributed by atoms with Gasteiger partial charge in [-0.05, 0) is 50.1 Å². The van der Waals surface area contributed by atoms with E-state index < -0.39 is 10.0 Å². The molecule has 1 amide bonds. The molecule has 1 aliphatic heterocycles. The highest BCUT2D eigenvalue weighted by atomic mass is 35.5. The molecule has 0 aromatic heterocycles. The summed E-state index contributed by atoms with van der Waals surface area (Å²) in [7, 11) is -3.30. The van der Waals surface area contributed by atoms with E-state index in [-0.39, 0.29) is 24.4 Å². The van der Waals surface area contributed by atoms with E-state index in [9.17, 15) is 13.2 Å². The monoisotopic (exact) mass is 375 g/mol. The molecule has 2 rings (SSSR count). The molecule has 0 spiro atoms. The van der Waals surface area contributed by atoms with Crippen LogP contribution < -0.4 is 14.9 Å². The van der Waals surface area contributed by atoms with Gasteiger partial charge in [0.1, 0.15) is 0 Å². The zero-order valence-corrected chi connectivity index (χ0v) is 16.0. The van der Waals surface area contributed by atoms with Crippen LogP contribution in [0, 0.1) is 0 Å². The highest BCUT2D eigenvalue weighted by Gasteiger charge is 2.32. The molecule has 1 aliphatic rings. The number of amides is 1. The van der Waals surface area contributed by atoms with Crippen molar-refractivity contribution in [3.63, 3.8) is 0 Å². The molecule has 6 nitrogen and oxygen atoms in total. The largest absolute Gasteiger partial charge is 0.351 e. The van der Waals surface area contributed by atoms with E-state index in [0.29, 0.717) is 24.2 Å². The molecule has 1 aromatic rings. The van der Waals surface area contributed by atoms with Crippen LogP contribution in [-0.4, -0.2) is 46.3 Å². The summed E-state index contributed by atoms with van der Waals surface area (Å²) in [4.78, 5) is 12.2. The Balaban J connectivity index is 0.00000288. The van der Waals surface area contributed by atoms with Crippen molar-refractivity contribution in [3.05, 3.63) is 29.3 Å². The third-order valence-electron chi connectivity index (χ3n) is 3.87. The average Bonchev–Trinajstić information content (AvgIpc) is 2.81. The lowest BCUT2D eigenvalue weighted by atomic mass is 10.1. The molecule has 1 heterocycles. The predicted molar refractivity (Wildman–Crippen MR) is 99.7 cm³/mol. The Kier molecular flexibility index (Phi) is 7.51. The van der Waals surface area contributed by atoms with E-state index in [1.165, 1.54) is 10.6 Å². The summed E-state index contributed by atoms with van der Waals surface area (Å²) in [6.45, 7) is 6.22. The number of rotatable bonds is 7. The second-order valence-electron chi connectivity index (χ2n) is 5.96. The molecule has 0 saturated carbocycles. The van der Waals surface area contributed by atoms with Gasteiger partial charge in [-0.25, -0.2) is 8.42 Å². The smallest absolute Gasteiger partial charge is 0.251 e. The Hall–Kier alpha value is -1.31. The number of nitrogens with zero attached hydrogens (tertiary/aromatic N) is 1. The van der Waals surface area contributed by atoms with Gasteiger partial charge in [-0.15, -0.1) is 12.4 Å². The Morgan fingerprint density at radius 3 is 2.62 bits per heavy atom. The maximum absolute atomic E-state index is 12.2. The lowest BCUT2D eigenvalue weighted by Crippen LogP contribution is -2.34. The van der Waals surface area contributed by atoms with Gasteiger partial charge in [-0.1, -0.05) is 6.92 Å². The molecule has 0 radical (unpaired) electrons. The minimum atomic E-state index is -3.30. The van der Waals surface area contributed by atoms with Crippen molar-refractivity contribution in [2.75, 3.05) is 30.2 Å². The van der Waals surface area contributed by atoms with Crippen molar-refractivity contribution < 1.29 is 13.2 Å². The number of hydrogen-bond donors (Lipinski definition) is 2. The van der Waals surface area contributed by atoms with E-state index in [2.05, 4.69) is 17.6 Å². The molecule has 0 bridgehead atoms. The lowest BCUT2D eigenvalue weighted by Gasteiger charge is -2.21. The van der Waals surface area contributed by atoms with Gasteiger partial charge in [0.05, 0.1) is 11.9 Å². The third-order valence-corrected chi connectivity index (χ3v) is 5.14. The van der Waals surface area contributed by atoms with Gasteiger partial charge in [0.25, 0.3) is 5.91 Å². The summed E-state index contributed by atoms with van der Waals surface area (Å²) >= 11 is 0. The van der Waals surface area contributed by atoms with Crippen LogP contribution in [0.4, 0.5) is 5.69 Å². The molecular weight excluding hydrogens is 350 g/mol. The first kappa shape index (κ1) is 20.7. The number of halogens is 1. The number of carbonyl (C=O) groups excluding carboxylic acids is 1. The van der Waals surface area contributed by atoms with Gasteiger partial charge in [0.15, 0.2) is 0 Å². The first-order valence-corrected chi connectivity index (χ1v) is 9.80. The van der Waals surface area contributed by atoms with Crippen LogP contribution in [0.15, 0.2) is 18.2 Å². The summed E-state index contributed by atoms with van der Waals surface area (Å²) in [6, 6.07) is 5.09. The fraction of sp³-hybridized carbons (Fsp3) is 0.562. The van der Waals surface area contributed by atoms with Gasteiger partial charge >= 0.3 is 0 Å². The minimum Gasteiger partial charge on any atom is -0.351 e. The number of nitrogens with one attached hydrogen (secondary N) is 2. The van der Waals surface area contributed by atoms with E-state index >= 15 is 0 Å². The maximum Gasteiger partial charge on any atom is 0.251 e. The van der Waals surface area contributed by atoms with Crippen molar-refractivity contribution in [1.82, 2.24) is 10.6 Å². The highest BCUT2D eigenvalue weighted by Crippen LogP contribution is 2.34. The van der Waals surface area contributed by atoms with Crippen molar-refractivity contribution >= 4 is 34.0 Å². The van der Waals surface area contributed by atoms with E-state index in [0.717, 1.165) is 25.1 Å². The number of carbonyl (C=O) groups is 1. The standard InChI is InChI=1S/C16H25N3O3S.ClH/c1-4-7-17-8-9-18-16(20)13-5-6-15-14(11-13)10-12(2)19(15)23(3,21)22;/h5-6,11-12,17H,4,7-10H2,1-3H3,(H,18,20);1H. The highest BCUT2D eigenvalue weighted by molar-refractivity contribution is 7.92. The molecule has 0 saturated heterocycles. The fourth-order valence-corrected chi connectivity index (χ4v) is 4.18. The molecule has 0 fully saturated rings. The van der Waals surface area contributed by atoms with Gasteiger partial charge in [-0.3, -0.25) is 9.10 Å². The van der Waals surface area contributed by atoms with Crippen LogP contribution in [-0.2, 0) is 16.4 Å². The number of hydrogen-bond acceptors (Lipinski definition) is 4.